The maximum atomic E-state index is 14.2. The molecule has 38 heavy (non-hydrogen) atoms. The topological polar surface area (TPSA) is 77.1 Å². The lowest BCUT2D eigenvalue weighted by Gasteiger charge is -2.23. The molecule has 4 aromatic rings. The minimum absolute atomic E-state index is 0.106. The summed E-state index contributed by atoms with van der Waals surface area (Å²) in [7, 11) is 0. The number of halogens is 1. The Balaban J connectivity index is 1.22. The Kier molecular flexibility index (Phi) is 4.91. The lowest BCUT2D eigenvalue weighted by Crippen LogP contribution is -2.42. The van der Waals surface area contributed by atoms with Gasteiger partial charge in [-0.05, 0) is 47.5 Å². The monoisotopic (exact) mass is 508 g/mol. The van der Waals surface area contributed by atoms with Gasteiger partial charge < -0.3 is 24.4 Å². The van der Waals surface area contributed by atoms with E-state index in [1.807, 2.05) is 36.4 Å². The highest BCUT2D eigenvalue weighted by atomic mass is 19.1. The Bertz CT molecular complexity index is 1640. The Morgan fingerprint density at radius 3 is 2.53 bits per heavy atom. The van der Waals surface area contributed by atoms with Crippen molar-refractivity contribution in [3.05, 3.63) is 113 Å². The number of ether oxygens (including phenoxy) is 3. The van der Waals surface area contributed by atoms with E-state index in [2.05, 4.69) is 5.32 Å². The molecule has 0 aromatic heterocycles. The van der Waals surface area contributed by atoms with E-state index in [1.54, 1.807) is 41.3 Å². The van der Waals surface area contributed by atoms with E-state index in [-0.39, 0.29) is 31.5 Å². The van der Waals surface area contributed by atoms with Crippen LogP contribution in [0.3, 0.4) is 0 Å². The standard InChI is InChI=1S/C30H21FN2O5/c31-22-9-2-3-10-23(22)32-28(34)19-7-5-6-18(12-19)15-33-24-11-4-1-8-20(24)30(29(33)35)16-36-25-14-27-26(13-21(25)30)37-17-38-27/h1-14H,15-17H2,(H,32,34). The van der Waals surface area contributed by atoms with E-state index in [9.17, 15) is 14.0 Å². The quantitative estimate of drug-likeness (QED) is 0.418. The van der Waals surface area contributed by atoms with Crippen molar-refractivity contribution in [2.45, 2.75) is 12.0 Å². The number of para-hydroxylation sites is 2. The number of rotatable bonds is 4. The van der Waals surface area contributed by atoms with Crippen LogP contribution in [0.15, 0.2) is 84.9 Å². The van der Waals surface area contributed by atoms with Crippen LogP contribution in [0.2, 0.25) is 0 Å². The molecule has 7 nitrogen and oxygen atoms in total. The summed E-state index contributed by atoms with van der Waals surface area (Å²) in [6.07, 6.45) is 0. The minimum Gasteiger partial charge on any atom is -0.491 e. The van der Waals surface area contributed by atoms with Gasteiger partial charge in [0.15, 0.2) is 11.5 Å². The minimum atomic E-state index is -1.01. The molecule has 3 aliphatic heterocycles. The molecule has 0 radical (unpaired) electrons. The first-order valence-corrected chi connectivity index (χ1v) is 12.2. The van der Waals surface area contributed by atoms with E-state index < -0.39 is 17.1 Å². The molecule has 0 bridgehead atoms. The molecule has 8 heteroatoms. The van der Waals surface area contributed by atoms with Crippen molar-refractivity contribution in [3.63, 3.8) is 0 Å². The van der Waals surface area contributed by atoms with E-state index in [4.69, 9.17) is 14.2 Å². The number of nitrogens with zero attached hydrogens (tertiary/aromatic N) is 1. The SMILES string of the molecule is O=C(Nc1ccccc1F)c1cccc(CN2C(=O)C3(COc4cc5c(cc43)OCO5)c3ccccc32)c1. The zero-order valence-corrected chi connectivity index (χ0v) is 20.1. The third-order valence-electron chi connectivity index (χ3n) is 7.30. The smallest absolute Gasteiger partial charge is 0.255 e. The van der Waals surface area contributed by atoms with Gasteiger partial charge in [0.2, 0.25) is 12.7 Å². The van der Waals surface area contributed by atoms with E-state index in [1.165, 1.54) is 12.1 Å². The Morgan fingerprint density at radius 1 is 0.868 bits per heavy atom. The fourth-order valence-electron chi connectivity index (χ4n) is 5.47. The van der Waals surface area contributed by atoms with Crippen molar-refractivity contribution < 1.29 is 28.2 Å². The second kappa shape index (κ2) is 8.34. The fourth-order valence-corrected chi connectivity index (χ4v) is 5.47. The number of fused-ring (bicyclic) bond motifs is 5. The first-order valence-electron chi connectivity index (χ1n) is 12.2. The van der Waals surface area contributed by atoms with Crippen LogP contribution in [0, 0.1) is 5.82 Å². The number of carbonyl (C=O) groups is 2. The Labute approximate surface area is 217 Å². The largest absolute Gasteiger partial charge is 0.491 e. The molecule has 188 valence electrons. The van der Waals surface area contributed by atoms with Gasteiger partial charge in [0.25, 0.3) is 5.91 Å². The molecular formula is C30H21FN2O5. The fraction of sp³-hybridized carbons (Fsp3) is 0.133. The molecule has 7 rings (SSSR count). The average Bonchev–Trinajstić information content (AvgIpc) is 3.61. The van der Waals surface area contributed by atoms with Gasteiger partial charge in [-0.25, -0.2) is 4.39 Å². The summed E-state index contributed by atoms with van der Waals surface area (Å²) in [6.45, 7) is 0.545. The highest BCUT2D eigenvalue weighted by molar-refractivity contribution is 6.11. The van der Waals surface area contributed by atoms with Crippen molar-refractivity contribution in [3.8, 4) is 17.2 Å². The molecule has 0 fully saturated rings. The van der Waals surface area contributed by atoms with Gasteiger partial charge in [-0.2, -0.15) is 0 Å². The van der Waals surface area contributed by atoms with Crippen LogP contribution in [0.1, 0.15) is 27.0 Å². The molecule has 0 aliphatic carbocycles. The summed E-state index contributed by atoms with van der Waals surface area (Å²) in [5.41, 5.74) is 2.61. The van der Waals surface area contributed by atoms with Crippen LogP contribution < -0.4 is 24.4 Å². The Hall–Kier alpha value is -4.85. The highest BCUT2D eigenvalue weighted by Crippen LogP contribution is 2.55. The van der Waals surface area contributed by atoms with E-state index in [0.717, 1.165) is 22.4 Å². The lowest BCUT2D eigenvalue weighted by atomic mass is 9.77. The molecule has 1 atom stereocenters. The molecule has 0 saturated carbocycles. The van der Waals surface area contributed by atoms with Crippen molar-refractivity contribution in [1.82, 2.24) is 0 Å². The van der Waals surface area contributed by atoms with Crippen LogP contribution >= 0.6 is 0 Å². The summed E-state index contributed by atoms with van der Waals surface area (Å²) in [4.78, 5) is 28.8. The maximum absolute atomic E-state index is 14.2. The van der Waals surface area contributed by atoms with Gasteiger partial charge in [0.05, 0.1) is 12.2 Å². The molecule has 3 heterocycles. The zero-order valence-electron chi connectivity index (χ0n) is 20.1. The summed E-state index contributed by atoms with van der Waals surface area (Å²) >= 11 is 0. The predicted octanol–water partition coefficient (Wildman–Crippen LogP) is 5.03. The number of hydrogen-bond donors (Lipinski definition) is 1. The summed E-state index contributed by atoms with van der Waals surface area (Å²) < 4.78 is 31.2. The van der Waals surface area contributed by atoms with Crippen LogP contribution in [-0.4, -0.2) is 25.2 Å². The lowest BCUT2D eigenvalue weighted by molar-refractivity contribution is -0.122. The maximum Gasteiger partial charge on any atom is 0.255 e. The summed E-state index contributed by atoms with van der Waals surface area (Å²) in [6, 6.07) is 24.3. The third kappa shape index (κ3) is 3.26. The van der Waals surface area contributed by atoms with Gasteiger partial charge in [-0.3, -0.25) is 9.59 Å². The number of carbonyl (C=O) groups excluding carboxylic acids is 2. The van der Waals surface area contributed by atoms with Crippen LogP contribution in [0.4, 0.5) is 15.8 Å². The highest BCUT2D eigenvalue weighted by Gasteiger charge is 2.57. The van der Waals surface area contributed by atoms with Gasteiger partial charge >= 0.3 is 0 Å². The molecular weight excluding hydrogens is 487 g/mol. The van der Waals surface area contributed by atoms with Gasteiger partial charge in [-0.1, -0.05) is 42.5 Å². The van der Waals surface area contributed by atoms with Crippen molar-refractivity contribution in [1.29, 1.82) is 0 Å². The van der Waals surface area contributed by atoms with Crippen molar-refractivity contribution in [2.75, 3.05) is 23.6 Å². The van der Waals surface area contributed by atoms with Crippen molar-refractivity contribution in [2.24, 2.45) is 0 Å². The number of anilines is 2. The molecule has 3 aliphatic rings. The molecule has 2 amide bonds. The predicted molar refractivity (Wildman–Crippen MR) is 137 cm³/mol. The Morgan fingerprint density at radius 2 is 1.66 bits per heavy atom. The molecule has 0 saturated heterocycles. The number of amides is 2. The molecule has 1 N–H and O–H groups in total. The molecule has 1 spiro atoms. The summed E-state index contributed by atoms with van der Waals surface area (Å²) in [5.74, 6) is 0.732. The van der Waals surface area contributed by atoms with Gasteiger partial charge in [-0.15, -0.1) is 0 Å². The van der Waals surface area contributed by atoms with E-state index in [0.29, 0.717) is 22.8 Å². The second-order valence-corrected chi connectivity index (χ2v) is 9.44. The van der Waals surface area contributed by atoms with Gasteiger partial charge in [0, 0.05) is 22.9 Å². The summed E-state index contributed by atoms with van der Waals surface area (Å²) in [5, 5.41) is 2.61. The zero-order chi connectivity index (χ0) is 25.9. The normalized spacial score (nSPS) is 18.3. The first-order chi connectivity index (χ1) is 18.5. The average molecular weight is 509 g/mol. The van der Waals surface area contributed by atoms with Crippen LogP contribution in [0.25, 0.3) is 0 Å². The second-order valence-electron chi connectivity index (χ2n) is 9.44. The van der Waals surface area contributed by atoms with Gasteiger partial charge in [0.1, 0.15) is 23.6 Å². The van der Waals surface area contributed by atoms with Crippen LogP contribution in [-0.2, 0) is 16.8 Å². The third-order valence-corrected chi connectivity index (χ3v) is 7.30. The number of benzene rings is 4. The van der Waals surface area contributed by atoms with Crippen molar-refractivity contribution >= 4 is 23.2 Å². The number of nitrogens with one attached hydrogen (secondary N) is 1. The first kappa shape index (κ1) is 22.4. The molecule has 1 unspecified atom stereocenters. The van der Waals surface area contributed by atoms with Crippen LogP contribution in [0.5, 0.6) is 17.2 Å². The molecule has 4 aromatic carbocycles. The van der Waals surface area contributed by atoms with E-state index >= 15 is 0 Å². The number of hydrogen-bond acceptors (Lipinski definition) is 5.